The second kappa shape index (κ2) is 6.33. The van der Waals surface area contributed by atoms with Gasteiger partial charge in [-0.25, -0.2) is 0 Å². The first-order chi connectivity index (χ1) is 5.93. The summed E-state index contributed by atoms with van der Waals surface area (Å²) in [6.07, 6.45) is 2.06. The number of hydrogen-bond donors (Lipinski definition) is 1. The highest BCUT2D eigenvalue weighted by Gasteiger charge is 2.10. The molecule has 0 heterocycles. The van der Waals surface area contributed by atoms with Crippen LogP contribution in [0.3, 0.4) is 0 Å². The van der Waals surface area contributed by atoms with Crippen molar-refractivity contribution in [2.75, 3.05) is 13.6 Å². The molecule has 0 aromatic rings. The van der Waals surface area contributed by atoms with Crippen LogP contribution in [0, 0.1) is 5.92 Å². The van der Waals surface area contributed by atoms with E-state index in [0.29, 0.717) is 11.0 Å². The smallest absolute Gasteiger partial charge is 0.0740 e. The largest absolute Gasteiger partial charge is 0.393 e. The molecule has 0 amide bonds. The maximum atomic E-state index is 5.45. The highest BCUT2D eigenvalue weighted by molar-refractivity contribution is 7.80. The SMILES string of the molecule is CC(C)CC(C)N(C)CCC(N)=S. The summed E-state index contributed by atoms with van der Waals surface area (Å²) in [4.78, 5) is 2.93. The van der Waals surface area contributed by atoms with Crippen LogP contribution in [0.5, 0.6) is 0 Å². The van der Waals surface area contributed by atoms with Crippen molar-refractivity contribution in [3.8, 4) is 0 Å². The van der Waals surface area contributed by atoms with E-state index >= 15 is 0 Å². The molecule has 0 aliphatic carbocycles. The minimum Gasteiger partial charge on any atom is -0.393 e. The van der Waals surface area contributed by atoms with E-state index < -0.39 is 0 Å². The fourth-order valence-corrected chi connectivity index (χ4v) is 1.46. The Morgan fingerprint density at radius 3 is 2.31 bits per heavy atom. The topological polar surface area (TPSA) is 29.3 Å². The maximum Gasteiger partial charge on any atom is 0.0740 e. The summed E-state index contributed by atoms with van der Waals surface area (Å²) in [7, 11) is 2.13. The molecule has 1 atom stereocenters. The lowest BCUT2D eigenvalue weighted by molar-refractivity contribution is 0.234. The van der Waals surface area contributed by atoms with Gasteiger partial charge in [-0.15, -0.1) is 0 Å². The van der Waals surface area contributed by atoms with E-state index in [-0.39, 0.29) is 0 Å². The van der Waals surface area contributed by atoms with Crippen molar-refractivity contribution in [1.82, 2.24) is 4.90 Å². The van der Waals surface area contributed by atoms with E-state index in [4.69, 9.17) is 18.0 Å². The third-order valence-corrected chi connectivity index (χ3v) is 2.48. The molecular weight excluding hydrogens is 180 g/mol. The van der Waals surface area contributed by atoms with E-state index in [9.17, 15) is 0 Å². The van der Waals surface area contributed by atoms with Gasteiger partial charge in [0, 0.05) is 19.0 Å². The van der Waals surface area contributed by atoms with E-state index in [0.717, 1.165) is 18.9 Å². The lowest BCUT2D eigenvalue weighted by atomic mass is 10.0. The normalized spacial score (nSPS) is 13.7. The van der Waals surface area contributed by atoms with Crippen LogP contribution in [0.2, 0.25) is 0 Å². The molecule has 13 heavy (non-hydrogen) atoms. The molecule has 0 rings (SSSR count). The number of nitrogens with zero attached hydrogens (tertiary/aromatic N) is 1. The van der Waals surface area contributed by atoms with Crippen LogP contribution in [-0.2, 0) is 0 Å². The Balaban J connectivity index is 3.68. The van der Waals surface area contributed by atoms with Crippen LogP contribution < -0.4 is 5.73 Å². The second-order valence-corrected chi connectivity index (χ2v) is 4.70. The summed E-state index contributed by atoms with van der Waals surface area (Å²) in [6, 6.07) is 0.620. The minimum absolute atomic E-state index is 0.614. The fraction of sp³-hybridized carbons (Fsp3) is 0.900. The van der Waals surface area contributed by atoms with Crippen LogP contribution in [0.25, 0.3) is 0 Å². The Bertz CT molecular complexity index is 157. The van der Waals surface area contributed by atoms with Crippen molar-refractivity contribution >= 4 is 17.2 Å². The van der Waals surface area contributed by atoms with Crippen LogP contribution in [0.15, 0.2) is 0 Å². The monoisotopic (exact) mass is 202 g/mol. The van der Waals surface area contributed by atoms with Crippen LogP contribution in [0.1, 0.15) is 33.6 Å². The van der Waals surface area contributed by atoms with Gasteiger partial charge in [0.1, 0.15) is 0 Å². The zero-order chi connectivity index (χ0) is 10.4. The van der Waals surface area contributed by atoms with Gasteiger partial charge in [-0.1, -0.05) is 26.1 Å². The molecule has 0 saturated heterocycles. The molecule has 0 saturated carbocycles. The standard InChI is InChI=1S/C10H22N2S/c1-8(2)7-9(3)12(4)6-5-10(11)13/h8-9H,5-7H2,1-4H3,(H2,11,13). The van der Waals surface area contributed by atoms with Gasteiger partial charge in [-0.3, -0.25) is 0 Å². The molecule has 2 nitrogen and oxygen atoms in total. The molecular formula is C10H22N2S. The Morgan fingerprint density at radius 1 is 1.38 bits per heavy atom. The summed E-state index contributed by atoms with van der Waals surface area (Å²) in [5, 5.41) is 0. The fourth-order valence-electron chi connectivity index (χ4n) is 1.37. The number of nitrogens with two attached hydrogens (primary N) is 1. The number of rotatable bonds is 6. The van der Waals surface area contributed by atoms with Gasteiger partial charge in [0.05, 0.1) is 4.99 Å². The third-order valence-electron chi connectivity index (χ3n) is 2.28. The van der Waals surface area contributed by atoms with Crippen molar-refractivity contribution in [3.05, 3.63) is 0 Å². The molecule has 3 heteroatoms. The summed E-state index contributed by atoms with van der Waals surface area (Å²) < 4.78 is 0. The van der Waals surface area contributed by atoms with Gasteiger partial charge in [0.15, 0.2) is 0 Å². The van der Waals surface area contributed by atoms with E-state index in [1.807, 2.05) is 0 Å². The van der Waals surface area contributed by atoms with Gasteiger partial charge in [0.2, 0.25) is 0 Å². The quantitative estimate of drug-likeness (QED) is 0.668. The molecule has 0 aliphatic rings. The molecule has 0 aromatic carbocycles. The van der Waals surface area contributed by atoms with E-state index in [1.54, 1.807) is 0 Å². The lowest BCUT2D eigenvalue weighted by Crippen LogP contribution is -2.32. The number of thiocarbonyl (C=S) groups is 1. The summed E-state index contributed by atoms with van der Waals surface area (Å²) in [6.45, 7) is 7.72. The first kappa shape index (κ1) is 12.8. The van der Waals surface area contributed by atoms with E-state index in [2.05, 4.69) is 32.7 Å². The van der Waals surface area contributed by atoms with Crippen LogP contribution >= 0.6 is 12.2 Å². The zero-order valence-corrected chi connectivity index (χ0v) is 10.0. The predicted molar refractivity (Wildman–Crippen MR) is 62.9 cm³/mol. The van der Waals surface area contributed by atoms with Crippen molar-refractivity contribution in [3.63, 3.8) is 0 Å². The van der Waals surface area contributed by atoms with Crippen molar-refractivity contribution in [2.45, 2.75) is 39.7 Å². The first-order valence-electron chi connectivity index (χ1n) is 4.92. The third kappa shape index (κ3) is 6.96. The van der Waals surface area contributed by atoms with Crippen molar-refractivity contribution in [1.29, 1.82) is 0 Å². The summed E-state index contributed by atoms with van der Waals surface area (Å²) >= 11 is 4.84. The van der Waals surface area contributed by atoms with Crippen molar-refractivity contribution in [2.24, 2.45) is 11.7 Å². The Morgan fingerprint density at radius 2 is 1.92 bits per heavy atom. The molecule has 2 N–H and O–H groups in total. The van der Waals surface area contributed by atoms with Crippen LogP contribution in [-0.4, -0.2) is 29.5 Å². The Hall–Kier alpha value is -0.150. The van der Waals surface area contributed by atoms with Crippen molar-refractivity contribution < 1.29 is 0 Å². The Kier molecular flexibility index (Phi) is 6.25. The molecule has 0 radical (unpaired) electrons. The lowest BCUT2D eigenvalue weighted by Gasteiger charge is -2.25. The average Bonchev–Trinajstić information content (AvgIpc) is 1.98. The van der Waals surface area contributed by atoms with Crippen LogP contribution in [0.4, 0.5) is 0 Å². The predicted octanol–water partition coefficient (Wildman–Crippen LogP) is 2.03. The molecule has 0 fully saturated rings. The van der Waals surface area contributed by atoms with Gasteiger partial charge in [0.25, 0.3) is 0 Å². The molecule has 0 aliphatic heterocycles. The molecule has 0 bridgehead atoms. The molecule has 78 valence electrons. The maximum absolute atomic E-state index is 5.45. The van der Waals surface area contributed by atoms with Gasteiger partial charge in [-0.05, 0) is 26.3 Å². The molecule has 0 spiro atoms. The minimum atomic E-state index is 0.614. The highest BCUT2D eigenvalue weighted by atomic mass is 32.1. The van der Waals surface area contributed by atoms with E-state index in [1.165, 1.54) is 6.42 Å². The number of hydrogen-bond acceptors (Lipinski definition) is 2. The summed E-state index contributed by atoms with van der Waals surface area (Å²) in [5.41, 5.74) is 5.45. The first-order valence-corrected chi connectivity index (χ1v) is 5.32. The molecule has 1 unspecified atom stereocenters. The Labute approximate surface area is 87.5 Å². The highest BCUT2D eigenvalue weighted by Crippen LogP contribution is 2.09. The van der Waals surface area contributed by atoms with Gasteiger partial charge < -0.3 is 10.6 Å². The van der Waals surface area contributed by atoms with Gasteiger partial charge in [-0.2, -0.15) is 0 Å². The van der Waals surface area contributed by atoms with Gasteiger partial charge >= 0.3 is 0 Å². The second-order valence-electron chi connectivity index (χ2n) is 4.18. The average molecular weight is 202 g/mol. The molecule has 0 aromatic heterocycles. The summed E-state index contributed by atoms with van der Waals surface area (Å²) in [5.74, 6) is 0.752. The zero-order valence-electron chi connectivity index (χ0n) is 9.21.